The molecule has 0 saturated heterocycles. The molecule has 3 heteroatoms. The van der Waals surface area contributed by atoms with Crippen LogP contribution < -0.4 is 10.1 Å². The Morgan fingerprint density at radius 3 is 2.55 bits per heavy atom. The van der Waals surface area contributed by atoms with Crippen molar-refractivity contribution >= 4 is 5.69 Å². The molecule has 20 heavy (non-hydrogen) atoms. The third-order valence-corrected chi connectivity index (χ3v) is 3.10. The van der Waals surface area contributed by atoms with Gasteiger partial charge in [0, 0.05) is 12.2 Å². The van der Waals surface area contributed by atoms with Gasteiger partial charge in [-0.05, 0) is 48.7 Å². The minimum atomic E-state index is 0.0834. The SMILES string of the molecule is Cc1ccc(C)c(NCc2ccc(OCC#N)cc2)c1. The van der Waals surface area contributed by atoms with Gasteiger partial charge in [0.2, 0.25) is 0 Å². The summed E-state index contributed by atoms with van der Waals surface area (Å²) in [5, 5.41) is 11.9. The van der Waals surface area contributed by atoms with Gasteiger partial charge in [-0.3, -0.25) is 0 Å². The van der Waals surface area contributed by atoms with Gasteiger partial charge in [0.05, 0.1) is 0 Å². The first kappa shape index (κ1) is 14.0. The second-order valence-corrected chi connectivity index (χ2v) is 4.76. The lowest BCUT2D eigenvalue weighted by molar-refractivity contribution is 0.368. The van der Waals surface area contributed by atoms with E-state index in [0.717, 1.165) is 18.0 Å². The van der Waals surface area contributed by atoms with Gasteiger partial charge < -0.3 is 10.1 Å². The van der Waals surface area contributed by atoms with Gasteiger partial charge in [-0.25, -0.2) is 0 Å². The topological polar surface area (TPSA) is 45.0 Å². The monoisotopic (exact) mass is 266 g/mol. The summed E-state index contributed by atoms with van der Waals surface area (Å²) in [7, 11) is 0. The number of hydrogen-bond acceptors (Lipinski definition) is 3. The van der Waals surface area contributed by atoms with Crippen LogP contribution in [0.1, 0.15) is 16.7 Å². The third kappa shape index (κ3) is 3.76. The van der Waals surface area contributed by atoms with Crippen LogP contribution in [0.5, 0.6) is 5.75 Å². The lowest BCUT2D eigenvalue weighted by atomic mass is 10.1. The molecule has 0 saturated carbocycles. The lowest BCUT2D eigenvalue weighted by Gasteiger charge is -2.11. The third-order valence-electron chi connectivity index (χ3n) is 3.10. The van der Waals surface area contributed by atoms with E-state index in [9.17, 15) is 0 Å². The number of rotatable bonds is 5. The van der Waals surface area contributed by atoms with Gasteiger partial charge in [0.15, 0.2) is 6.61 Å². The van der Waals surface area contributed by atoms with E-state index in [4.69, 9.17) is 10.00 Å². The second kappa shape index (κ2) is 6.63. The normalized spacial score (nSPS) is 9.85. The summed E-state index contributed by atoms with van der Waals surface area (Å²) in [5.41, 5.74) is 4.83. The van der Waals surface area contributed by atoms with E-state index in [2.05, 4.69) is 37.4 Å². The highest BCUT2D eigenvalue weighted by molar-refractivity contribution is 5.52. The molecule has 0 aliphatic heterocycles. The van der Waals surface area contributed by atoms with Gasteiger partial charge >= 0.3 is 0 Å². The molecule has 0 spiro atoms. The molecule has 0 aliphatic carbocycles. The van der Waals surface area contributed by atoms with Gasteiger partial charge in [-0.15, -0.1) is 0 Å². The van der Waals surface area contributed by atoms with Crippen LogP contribution in [0.4, 0.5) is 5.69 Å². The van der Waals surface area contributed by atoms with Gasteiger partial charge in [-0.1, -0.05) is 24.3 Å². The first-order valence-electron chi connectivity index (χ1n) is 6.59. The zero-order chi connectivity index (χ0) is 14.4. The molecule has 2 aromatic rings. The van der Waals surface area contributed by atoms with Gasteiger partial charge in [0.25, 0.3) is 0 Å². The number of anilines is 1. The van der Waals surface area contributed by atoms with Crippen LogP contribution in [0.2, 0.25) is 0 Å². The zero-order valence-corrected chi connectivity index (χ0v) is 11.8. The Kier molecular flexibility index (Phi) is 4.62. The Balaban J connectivity index is 1.97. The molecule has 2 aromatic carbocycles. The molecule has 1 N–H and O–H groups in total. The van der Waals surface area contributed by atoms with Crippen molar-refractivity contribution in [2.24, 2.45) is 0 Å². The molecular weight excluding hydrogens is 248 g/mol. The van der Waals surface area contributed by atoms with E-state index in [1.54, 1.807) is 0 Å². The van der Waals surface area contributed by atoms with Crippen molar-refractivity contribution in [3.8, 4) is 11.8 Å². The van der Waals surface area contributed by atoms with E-state index >= 15 is 0 Å². The van der Waals surface area contributed by atoms with Crippen LogP contribution in [0.25, 0.3) is 0 Å². The Bertz CT molecular complexity index is 612. The largest absolute Gasteiger partial charge is 0.479 e. The molecule has 0 aromatic heterocycles. The maximum atomic E-state index is 8.46. The smallest absolute Gasteiger partial charge is 0.174 e. The average Bonchev–Trinajstić information content (AvgIpc) is 2.47. The summed E-state index contributed by atoms with van der Waals surface area (Å²) < 4.78 is 5.23. The standard InChI is InChI=1S/C17H18N2O/c1-13-3-4-14(2)17(11-13)19-12-15-5-7-16(8-6-15)20-10-9-18/h3-8,11,19H,10,12H2,1-2H3. The molecule has 3 nitrogen and oxygen atoms in total. The zero-order valence-electron chi connectivity index (χ0n) is 11.8. The molecule has 0 aliphatic rings. The highest BCUT2D eigenvalue weighted by atomic mass is 16.5. The van der Waals surface area contributed by atoms with Crippen molar-refractivity contribution in [3.05, 3.63) is 59.2 Å². The van der Waals surface area contributed by atoms with Gasteiger partial charge in [0.1, 0.15) is 11.8 Å². The van der Waals surface area contributed by atoms with Crippen LogP contribution in [0.15, 0.2) is 42.5 Å². The van der Waals surface area contributed by atoms with E-state index in [-0.39, 0.29) is 6.61 Å². The number of hydrogen-bond donors (Lipinski definition) is 1. The molecule has 0 radical (unpaired) electrons. The van der Waals surface area contributed by atoms with Crippen LogP contribution >= 0.6 is 0 Å². The Morgan fingerprint density at radius 1 is 1.10 bits per heavy atom. The molecule has 0 unspecified atom stereocenters. The van der Waals surface area contributed by atoms with Gasteiger partial charge in [-0.2, -0.15) is 5.26 Å². The first-order valence-corrected chi connectivity index (χ1v) is 6.59. The number of aryl methyl sites for hydroxylation is 2. The summed E-state index contributed by atoms with van der Waals surface area (Å²) in [6.07, 6.45) is 0. The first-order chi connectivity index (χ1) is 9.69. The molecule has 0 heterocycles. The fraction of sp³-hybridized carbons (Fsp3) is 0.235. The summed E-state index contributed by atoms with van der Waals surface area (Å²) >= 11 is 0. The molecular formula is C17H18N2O. The molecule has 0 atom stereocenters. The summed E-state index contributed by atoms with van der Waals surface area (Å²) in [6, 6.07) is 16.1. The van der Waals surface area contributed by atoms with E-state index in [1.807, 2.05) is 30.3 Å². The van der Waals surface area contributed by atoms with Crippen molar-refractivity contribution in [1.82, 2.24) is 0 Å². The maximum absolute atomic E-state index is 8.46. The Hall–Kier alpha value is -2.47. The number of nitrogens with one attached hydrogen (secondary N) is 1. The minimum Gasteiger partial charge on any atom is -0.479 e. The quantitative estimate of drug-likeness (QED) is 0.894. The predicted octanol–water partition coefficient (Wildman–Crippen LogP) is 3.82. The number of nitrogens with zero attached hydrogens (tertiary/aromatic N) is 1. The second-order valence-electron chi connectivity index (χ2n) is 4.76. The van der Waals surface area contributed by atoms with Crippen LogP contribution in [0, 0.1) is 25.2 Å². The molecule has 0 amide bonds. The summed E-state index contributed by atoms with van der Waals surface area (Å²) in [4.78, 5) is 0. The van der Waals surface area contributed by atoms with Crippen molar-refractivity contribution in [3.63, 3.8) is 0 Å². The van der Waals surface area contributed by atoms with E-state index in [1.165, 1.54) is 16.7 Å². The molecule has 2 rings (SSSR count). The Labute approximate surface area is 119 Å². The van der Waals surface area contributed by atoms with Crippen LogP contribution in [0.3, 0.4) is 0 Å². The van der Waals surface area contributed by atoms with E-state index < -0.39 is 0 Å². The maximum Gasteiger partial charge on any atom is 0.174 e. The van der Waals surface area contributed by atoms with Crippen molar-refractivity contribution < 1.29 is 4.74 Å². The highest BCUT2D eigenvalue weighted by Crippen LogP contribution is 2.18. The van der Waals surface area contributed by atoms with Crippen LogP contribution in [-0.4, -0.2) is 6.61 Å². The Morgan fingerprint density at radius 2 is 1.85 bits per heavy atom. The summed E-state index contributed by atoms with van der Waals surface area (Å²) in [6.45, 7) is 5.04. The highest BCUT2D eigenvalue weighted by Gasteiger charge is 1.99. The molecule has 0 bridgehead atoms. The fourth-order valence-electron chi connectivity index (χ4n) is 1.94. The number of nitriles is 1. The summed E-state index contributed by atoms with van der Waals surface area (Å²) in [5.74, 6) is 0.724. The predicted molar refractivity (Wildman–Crippen MR) is 80.8 cm³/mol. The van der Waals surface area contributed by atoms with Crippen molar-refractivity contribution in [2.45, 2.75) is 20.4 Å². The number of benzene rings is 2. The molecule has 0 fully saturated rings. The van der Waals surface area contributed by atoms with Crippen LogP contribution in [-0.2, 0) is 6.54 Å². The van der Waals surface area contributed by atoms with Crippen molar-refractivity contribution in [2.75, 3.05) is 11.9 Å². The minimum absolute atomic E-state index is 0.0834. The fourth-order valence-corrected chi connectivity index (χ4v) is 1.94. The van der Waals surface area contributed by atoms with Crippen molar-refractivity contribution in [1.29, 1.82) is 5.26 Å². The lowest BCUT2D eigenvalue weighted by Crippen LogP contribution is -2.01. The number of ether oxygens (including phenoxy) is 1. The molecule has 102 valence electrons. The van der Waals surface area contributed by atoms with E-state index in [0.29, 0.717) is 0 Å². The average molecular weight is 266 g/mol.